The van der Waals surface area contributed by atoms with Crippen molar-refractivity contribution in [3.8, 4) is 0 Å². The van der Waals surface area contributed by atoms with Crippen molar-refractivity contribution in [2.75, 3.05) is 5.43 Å². The number of aromatic nitrogens is 4. The van der Waals surface area contributed by atoms with Crippen molar-refractivity contribution in [2.24, 2.45) is 5.84 Å². The molecule has 3 N–H and O–H groups in total. The van der Waals surface area contributed by atoms with Crippen LogP contribution in [0.15, 0.2) is 24.5 Å². The minimum Gasteiger partial charge on any atom is -0.390 e. The highest BCUT2D eigenvalue weighted by Crippen LogP contribution is 2.06. The number of rotatable bonds is 4. The van der Waals surface area contributed by atoms with Gasteiger partial charge in [-0.1, -0.05) is 11.1 Å². The smallest absolute Gasteiger partial charge is 0.390 e. The number of nitro groups is 1. The number of nitrogens with one attached hydrogen (secondary N) is 1. The molecule has 0 aromatic carbocycles. The lowest BCUT2D eigenvalue weighted by atomic mass is 10.3. The molecular weight excluding hydrogens is 226 g/mol. The number of hydrogen-bond acceptors (Lipinski definition) is 7. The van der Waals surface area contributed by atoms with Crippen LogP contribution in [-0.2, 0) is 6.54 Å². The van der Waals surface area contributed by atoms with E-state index in [1.165, 1.54) is 11.0 Å². The van der Waals surface area contributed by atoms with Gasteiger partial charge < -0.3 is 15.5 Å². The first-order chi connectivity index (χ1) is 8.19. The molecule has 0 aliphatic rings. The van der Waals surface area contributed by atoms with E-state index in [1.807, 2.05) is 0 Å². The molecule has 0 aliphatic heterocycles. The minimum absolute atomic E-state index is 0.288. The van der Waals surface area contributed by atoms with Crippen LogP contribution in [0, 0.1) is 10.1 Å². The number of nitrogens with two attached hydrogens (primary N) is 1. The van der Waals surface area contributed by atoms with E-state index >= 15 is 0 Å². The van der Waals surface area contributed by atoms with E-state index in [0.717, 1.165) is 0 Å². The van der Waals surface area contributed by atoms with Crippen LogP contribution in [0.2, 0.25) is 0 Å². The summed E-state index contributed by atoms with van der Waals surface area (Å²) >= 11 is 0. The fourth-order valence-corrected chi connectivity index (χ4v) is 1.26. The van der Waals surface area contributed by atoms with Crippen LogP contribution >= 0.6 is 0 Å². The number of pyridine rings is 1. The molecule has 88 valence electrons. The van der Waals surface area contributed by atoms with E-state index in [-0.39, 0.29) is 6.54 Å². The van der Waals surface area contributed by atoms with Crippen LogP contribution in [0.25, 0.3) is 0 Å². The van der Waals surface area contributed by atoms with E-state index in [1.54, 1.807) is 18.2 Å². The third-order valence-corrected chi connectivity index (χ3v) is 1.97. The van der Waals surface area contributed by atoms with Gasteiger partial charge in [-0.3, -0.25) is 0 Å². The van der Waals surface area contributed by atoms with Gasteiger partial charge in [0.25, 0.3) is 0 Å². The summed E-state index contributed by atoms with van der Waals surface area (Å²) in [6.45, 7) is 0.288. The second-order valence-corrected chi connectivity index (χ2v) is 3.16. The quantitative estimate of drug-likeness (QED) is 0.431. The molecule has 0 spiro atoms. The van der Waals surface area contributed by atoms with Crippen LogP contribution in [0.4, 0.5) is 11.8 Å². The first-order valence-electron chi connectivity index (χ1n) is 4.65. The van der Waals surface area contributed by atoms with Gasteiger partial charge in [-0.15, -0.1) is 0 Å². The lowest BCUT2D eigenvalue weighted by Gasteiger charge is -2.01. The molecule has 0 amide bonds. The first kappa shape index (κ1) is 11.0. The maximum atomic E-state index is 10.4. The van der Waals surface area contributed by atoms with Crippen molar-refractivity contribution >= 4 is 11.8 Å². The first-order valence-corrected chi connectivity index (χ1v) is 4.65. The molecule has 0 atom stereocenters. The highest BCUT2D eigenvalue weighted by molar-refractivity contribution is 5.33. The summed E-state index contributed by atoms with van der Waals surface area (Å²) in [6.07, 6.45) is 1.28. The summed E-state index contributed by atoms with van der Waals surface area (Å²) < 4.78 is 1.33. The van der Waals surface area contributed by atoms with E-state index < -0.39 is 10.9 Å². The molecule has 0 radical (unpaired) electrons. The van der Waals surface area contributed by atoms with Gasteiger partial charge in [-0.2, -0.15) is 4.68 Å². The summed E-state index contributed by atoms with van der Waals surface area (Å²) in [4.78, 5) is 17.4. The molecule has 2 heterocycles. The number of anilines is 1. The Morgan fingerprint density at radius 2 is 2.35 bits per heavy atom. The topological polar surface area (TPSA) is 125 Å². The molecular formula is C8H9N7O2. The van der Waals surface area contributed by atoms with E-state index in [0.29, 0.717) is 11.5 Å². The van der Waals surface area contributed by atoms with E-state index in [9.17, 15) is 10.1 Å². The zero-order valence-electron chi connectivity index (χ0n) is 8.65. The molecule has 0 aliphatic carbocycles. The molecule has 0 fully saturated rings. The Morgan fingerprint density at radius 1 is 1.53 bits per heavy atom. The molecule has 2 aromatic rings. The standard InChI is InChI=1S/C8H9N7O2/c9-12-7-3-1-2-6(11-7)4-14-5-10-8(13-14)15(16)17/h1-3,5H,4,9H2,(H,11,12). The number of hydrogen-bond donors (Lipinski definition) is 2. The van der Waals surface area contributed by atoms with Gasteiger partial charge >= 0.3 is 5.95 Å². The fourth-order valence-electron chi connectivity index (χ4n) is 1.26. The maximum Gasteiger partial charge on any atom is 0.490 e. The molecule has 0 saturated heterocycles. The summed E-state index contributed by atoms with van der Waals surface area (Å²) in [6, 6.07) is 5.23. The van der Waals surface area contributed by atoms with Crippen molar-refractivity contribution in [3.63, 3.8) is 0 Å². The predicted octanol–water partition coefficient (Wildman–Crippen LogP) is -0.0848. The van der Waals surface area contributed by atoms with Gasteiger partial charge in [0.15, 0.2) is 0 Å². The summed E-state index contributed by atoms with van der Waals surface area (Å²) in [5, 5.41) is 14.1. The van der Waals surface area contributed by atoms with Crippen molar-refractivity contribution in [3.05, 3.63) is 40.3 Å². The Hall–Kier alpha value is -2.55. The average Bonchev–Trinajstić information content (AvgIpc) is 2.78. The van der Waals surface area contributed by atoms with Gasteiger partial charge in [-0.05, 0) is 17.1 Å². The Kier molecular flexibility index (Phi) is 2.92. The van der Waals surface area contributed by atoms with Crippen molar-refractivity contribution in [2.45, 2.75) is 6.54 Å². The third-order valence-electron chi connectivity index (χ3n) is 1.97. The number of hydrazine groups is 1. The zero-order chi connectivity index (χ0) is 12.3. The van der Waals surface area contributed by atoms with Gasteiger partial charge in [0, 0.05) is 5.10 Å². The van der Waals surface area contributed by atoms with Crippen molar-refractivity contribution in [1.82, 2.24) is 19.7 Å². The molecule has 2 aromatic heterocycles. The largest absolute Gasteiger partial charge is 0.490 e. The Morgan fingerprint density at radius 3 is 3.00 bits per heavy atom. The number of nitrogens with zero attached hydrogens (tertiary/aromatic N) is 5. The monoisotopic (exact) mass is 235 g/mol. The molecule has 9 nitrogen and oxygen atoms in total. The van der Waals surface area contributed by atoms with Crippen molar-refractivity contribution < 1.29 is 4.92 Å². The van der Waals surface area contributed by atoms with Crippen LogP contribution < -0.4 is 11.3 Å². The van der Waals surface area contributed by atoms with Crippen LogP contribution in [0.1, 0.15) is 5.69 Å². The molecule has 0 unspecified atom stereocenters. The van der Waals surface area contributed by atoms with Crippen LogP contribution in [-0.4, -0.2) is 24.7 Å². The van der Waals surface area contributed by atoms with Gasteiger partial charge in [-0.25, -0.2) is 10.8 Å². The van der Waals surface area contributed by atoms with Gasteiger partial charge in [0.2, 0.25) is 6.33 Å². The van der Waals surface area contributed by atoms with Crippen LogP contribution in [0.3, 0.4) is 0 Å². The summed E-state index contributed by atoms with van der Waals surface area (Å²) in [5.74, 6) is 5.30. The average molecular weight is 235 g/mol. The molecule has 9 heteroatoms. The normalized spacial score (nSPS) is 10.2. The highest BCUT2D eigenvalue weighted by atomic mass is 16.6. The zero-order valence-corrected chi connectivity index (χ0v) is 8.65. The molecule has 0 bridgehead atoms. The Bertz CT molecular complexity index is 538. The lowest BCUT2D eigenvalue weighted by Crippen LogP contribution is -2.10. The Balaban J connectivity index is 2.16. The molecule has 17 heavy (non-hydrogen) atoms. The second-order valence-electron chi connectivity index (χ2n) is 3.16. The van der Waals surface area contributed by atoms with Crippen LogP contribution in [0.5, 0.6) is 0 Å². The highest BCUT2D eigenvalue weighted by Gasteiger charge is 2.13. The molecule has 0 saturated carbocycles. The fraction of sp³-hybridized carbons (Fsp3) is 0.125. The van der Waals surface area contributed by atoms with E-state index in [4.69, 9.17) is 5.84 Å². The lowest BCUT2D eigenvalue weighted by molar-refractivity contribution is -0.394. The predicted molar refractivity (Wildman–Crippen MR) is 57.8 cm³/mol. The summed E-state index contributed by atoms with van der Waals surface area (Å²) in [7, 11) is 0. The van der Waals surface area contributed by atoms with Gasteiger partial charge in [0.05, 0.1) is 5.69 Å². The van der Waals surface area contributed by atoms with Gasteiger partial charge in [0.1, 0.15) is 12.4 Å². The second kappa shape index (κ2) is 4.53. The summed E-state index contributed by atoms with van der Waals surface area (Å²) in [5.41, 5.74) is 3.08. The van der Waals surface area contributed by atoms with E-state index in [2.05, 4.69) is 20.5 Å². The third kappa shape index (κ3) is 2.52. The van der Waals surface area contributed by atoms with Crippen molar-refractivity contribution in [1.29, 1.82) is 0 Å². The maximum absolute atomic E-state index is 10.4. The number of nitrogen functional groups attached to an aromatic ring is 1. The SMILES string of the molecule is NNc1cccc(Cn2cnc([N+](=O)[O-])n2)n1. The molecule has 2 rings (SSSR count). The Labute approximate surface area is 95.4 Å². The minimum atomic E-state index is -0.651.